The molecule has 0 bridgehead atoms. The van der Waals surface area contributed by atoms with E-state index in [2.05, 4.69) is 15.6 Å². The van der Waals surface area contributed by atoms with E-state index in [1.165, 1.54) is 6.07 Å². The topological polar surface area (TPSA) is 80.0 Å². The molecule has 0 atom stereocenters. The molecule has 1 heterocycles. The minimum atomic E-state index is -0.186. The highest BCUT2D eigenvalue weighted by Gasteiger charge is 2.06. The first-order valence-corrected chi connectivity index (χ1v) is 6.09. The second kappa shape index (κ2) is 5.99. The quantitative estimate of drug-likeness (QED) is 0.789. The molecule has 2 rings (SSSR count). The first-order valence-electron chi connectivity index (χ1n) is 6.09. The van der Waals surface area contributed by atoms with Crippen LogP contribution in [0.2, 0.25) is 0 Å². The average Bonchev–Trinajstić information content (AvgIpc) is 2.91. The Labute approximate surface area is 111 Å². The summed E-state index contributed by atoms with van der Waals surface area (Å²) in [7, 11) is 0. The Kier molecular flexibility index (Phi) is 4.12. The van der Waals surface area contributed by atoms with Gasteiger partial charge in [-0.3, -0.25) is 9.48 Å². The van der Waals surface area contributed by atoms with Crippen molar-refractivity contribution >= 4 is 5.91 Å². The molecule has 0 fully saturated rings. The molecule has 0 radical (unpaired) electrons. The number of carbonyl (C=O) groups excluding carboxylic acids is 1. The fourth-order valence-electron chi connectivity index (χ4n) is 1.65. The molecular weight excluding hydrogens is 244 g/mol. The minimum Gasteiger partial charge on any atom is -0.508 e. The number of nitrogens with zero attached hydrogens (tertiary/aromatic N) is 3. The third kappa shape index (κ3) is 3.54. The van der Waals surface area contributed by atoms with Gasteiger partial charge in [-0.25, -0.2) is 0 Å². The number of aryl methyl sites for hydroxylation is 2. The van der Waals surface area contributed by atoms with E-state index < -0.39 is 0 Å². The summed E-state index contributed by atoms with van der Waals surface area (Å²) in [5, 5.41) is 19.9. The van der Waals surface area contributed by atoms with Gasteiger partial charge in [0.1, 0.15) is 5.75 Å². The summed E-state index contributed by atoms with van der Waals surface area (Å²) in [5.41, 5.74) is 1.21. The first kappa shape index (κ1) is 13.1. The van der Waals surface area contributed by atoms with Crippen LogP contribution in [0.25, 0.3) is 0 Å². The van der Waals surface area contributed by atoms with Gasteiger partial charge < -0.3 is 10.4 Å². The SMILES string of the molecule is Cc1ccc(C(=O)NCCCn2ccnn2)cc1O. The van der Waals surface area contributed by atoms with E-state index in [0.717, 1.165) is 12.0 Å². The largest absolute Gasteiger partial charge is 0.508 e. The van der Waals surface area contributed by atoms with Gasteiger partial charge in [-0.1, -0.05) is 11.3 Å². The van der Waals surface area contributed by atoms with Crippen LogP contribution in [0.4, 0.5) is 0 Å². The Morgan fingerprint density at radius 3 is 3.00 bits per heavy atom. The molecule has 6 nitrogen and oxygen atoms in total. The zero-order chi connectivity index (χ0) is 13.7. The van der Waals surface area contributed by atoms with E-state index in [4.69, 9.17) is 0 Å². The van der Waals surface area contributed by atoms with Gasteiger partial charge in [0.25, 0.3) is 5.91 Å². The Hall–Kier alpha value is -2.37. The molecule has 0 unspecified atom stereocenters. The number of aromatic hydroxyl groups is 1. The molecular formula is C13H16N4O2. The van der Waals surface area contributed by atoms with Gasteiger partial charge in [0.15, 0.2) is 0 Å². The van der Waals surface area contributed by atoms with Crippen molar-refractivity contribution in [3.8, 4) is 5.75 Å². The Morgan fingerprint density at radius 1 is 1.47 bits per heavy atom. The zero-order valence-corrected chi connectivity index (χ0v) is 10.7. The predicted molar refractivity (Wildman–Crippen MR) is 69.8 cm³/mol. The number of nitrogens with one attached hydrogen (secondary N) is 1. The molecule has 0 aliphatic heterocycles. The lowest BCUT2D eigenvalue weighted by atomic mass is 10.1. The standard InChI is InChI=1S/C13H16N4O2/c1-10-3-4-11(9-12(10)18)13(19)14-5-2-7-17-8-6-15-16-17/h3-4,6,8-9,18H,2,5,7H2,1H3,(H,14,19). The monoisotopic (exact) mass is 260 g/mol. The zero-order valence-electron chi connectivity index (χ0n) is 10.7. The van der Waals surface area contributed by atoms with Crippen molar-refractivity contribution in [1.29, 1.82) is 0 Å². The molecule has 0 aliphatic carbocycles. The van der Waals surface area contributed by atoms with E-state index in [0.29, 0.717) is 18.7 Å². The normalized spacial score (nSPS) is 10.4. The third-order valence-electron chi connectivity index (χ3n) is 2.79. The first-order chi connectivity index (χ1) is 9.16. The van der Waals surface area contributed by atoms with Crippen molar-refractivity contribution in [2.24, 2.45) is 0 Å². The Morgan fingerprint density at radius 2 is 2.32 bits per heavy atom. The molecule has 2 aromatic rings. The number of amides is 1. The fraction of sp³-hybridized carbons (Fsp3) is 0.308. The molecule has 0 saturated carbocycles. The highest BCUT2D eigenvalue weighted by Crippen LogP contribution is 2.17. The van der Waals surface area contributed by atoms with Gasteiger partial charge >= 0.3 is 0 Å². The molecule has 1 aromatic carbocycles. The van der Waals surface area contributed by atoms with E-state index in [1.54, 1.807) is 36.1 Å². The molecule has 100 valence electrons. The number of phenols is 1. The lowest BCUT2D eigenvalue weighted by Crippen LogP contribution is -2.25. The molecule has 2 N–H and O–H groups in total. The van der Waals surface area contributed by atoms with Gasteiger partial charge in [0.2, 0.25) is 0 Å². The van der Waals surface area contributed by atoms with Crippen molar-refractivity contribution in [1.82, 2.24) is 20.3 Å². The van der Waals surface area contributed by atoms with Gasteiger partial charge in [-0.15, -0.1) is 5.10 Å². The Balaban J connectivity index is 1.79. The molecule has 1 aromatic heterocycles. The average molecular weight is 260 g/mol. The maximum atomic E-state index is 11.8. The van der Waals surface area contributed by atoms with E-state index in [-0.39, 0.29) is 11.7 Å². The van der Waals surface area contributed by atoms with Crippen LogP contribution in [0.5, 0.6) is 5.75 Å². The summed E-state index contributed by atoms with van der Waals surface area (Å²) in [6.07, 6.45) is 4.17. The van der Waals surface area contributed by atoms with E-state index >= 15 is 0 Å². The van der Waals surface area contributed by atoms with Crippen LogP contribution in [0.3, 0.4) is 0 Å². The maximum absolute atomic E-state index is 11.8. The lowest BCUT2D eigenvalue weighted by Gasteiger charge is -2.06. The summed E-state index contributed by atoms with van der Waals surface area (Å²) in [4.78, 5) is 11.8. The van der Waals surface area contributed by atoms with Crippen LogP contribution in [-0.4, -0.2) is 32.6 Å². The van der Waals surface area contributed by atoms with Crippen LogP contribution < -0.4 is 5.32 Å². The summed E-state index contributed by atoms with van der Waals surface area (Å²) >= 11 is 0. The van der Waals surface area contributed by atoms with Crippen LogP contribution in [0.1, 0.15) is 22.3 Å². The molecule has 0 saturated heterocycles. The number of hydrogen-bond acceptors (Lipinski definition) is 4. The summed E-state index contributed by atoms with van der Waals surface area (Å²) in [5.74, 6) is -0.0517. The second-order valence-corrected chi connectivity index (χ2v) is 4.28. The summed E-state index contributed by atoms with van der Waals surface area (Å²) in [6, 6.07) is 4.89. The minimum absolute atomic E-state index is 0.135. The van der Waals surface area contributed by atoms with Crippen molar-refractivity contribution < 1.29 is 9.90 Å². The van der Waals surface area contributed by atoms with Crippen molar-refractivity contribution in [2.45, 2.75) is 19.9 Å². The molecule has 0 aliphatic rings. The van der Waals surface area contributed by atoms with Crippen molar-refractivity contribution in [2.75, 3.05) is 6.54 Å². The number of aromatic nitrogens is 3. The highest BCUT2D eigenvalue weighted by atomic mass is 16.3. The second-order valence-electron chi connectivity index (χ2n) is 4.28. The van der Waals surface area contributed by atoms with E-state index in [9.17, 15) is 9.90 Å². The van der Waals surface area contributed by atoms with Crippen molar-refractivity contribution in [3.05, 3.63) is 41.7 Å². The number of rotatable bonds is 5. The maximum Gasteiger partial charge on any atom is 0.251 e. The van der Waals surface area contributed by atoms with Crippen LogP contribution in [0.15, 0.2) is 30.6 Å². The molecule has 0 spiro atoms. The molecule has 19 heavy (non-hydrogen) atoms. The van der Waals surface area contributed by atoms with Crippen LogP contribution >= 0.6 is 0 Å². The van der Waals surface area contributed by atoms with Crippen molar-refractivity contribution in [3.63, 3.8) is 0 Å². The van der Waals surface area contributed by atoms with Crippen LogP contribution in [0, 0.1) is 6.92 Å². The Bertz CT molecular complexity index is 552. The summed E-state index contributed by atoms with van der Waals surface area (Å²) in [6.45, 7) is 3.04. The van der Waals surface area contributed by atoms with E-state index in [1.807, 2.05) is 0 Å². The lowest BCUT2D eigenvalue weighted by molar-refractivity contribution is 0.0952. The molecule has 1 amide bonds. The predicted octanol–water partition coefficient (Wildman–Crippen LogP) is 1.11. The fourth-order valence-corrected chi connectivity index (χ4v) is 1.65. The summed E-state index contributed by atoms with van der Waals surface area (Å²) < 4.78 is 1.71. The number of carbonyl (C=O) groups is 1. The van der Waals surface area contributed by atoms with Crippen LogP contribution in [-0.2, 0) is 6.54 Å². The smallest absolute Gasteiger partial charge is 0.251 e. The van der Waals surface area contributed by atoms with Gasteiger partial charge in [-0.2, -0.15) is 0 Å². The molecule has 6 heteroatoms. The highest BCUT2D eigenvalue weighted by molar-refractivity contribution is 5.94. The number of benzene rings is 1. The van der Waals surface area contributed by atoms with Gasteiger partial charge in [0, 0.05) is 24.8 Å². The van der Waals surface area contributed by atoms with Gasteiger partial charge in [0.05, 0.1) is 6.20 Å². The number of phenolic OH excluding ortho intramolecular Hbond substituents is 1. The third-order valence-corrected chi connectivity index (χ3v) is 2.79. The number of hydrogen-bond donors (Lipinski definition) is 2. The van der Waals surface area contributed by atoms with Gasteiger partial charge in [-0.05, 0) is 31.0 Å².